The number of nitrogens with zero attached hydrogens (tertiary/aromatic N) is 5. The molecule has 2 rings (SSSR count). The molecule has 1 N–H and O–H groups in total. The summed E-state index contributed by atoms with van der Waals surface area (Å²) in [5, 5.41) is 30.4. The number of anilines is 1. The van der Waals surface area contributed by atoms with Gasteiger partial charge in [0, 0.05) is 12.1 Å². The van der Waals surface area contributed by atoms with Crippen LogP contribution in [0.3, 0.4) is 0 Å². The summed E-state index contributed by atoms with van der Waals surface area (Å²) in [6.45, 7) is 0. The molecule has 0 fully saturated rings. The normalized spacial score (nSPS) is 12.0. The minimum absolute atomic E-state index is 0.136. The second-order valence-electron chi connectivity index (χ2n) is 4.71. The average Bonchev–Trinajstić information content (AvgIpc) is 2.61. The Balaban J connectivity index is 2.10. The Morgan fingerprint density at radius 1 is 1.19 bits per heavy atom. The van der Waals surface area contributed by atoms with Crippen LogP contribution in [-0.2, 0) is 6.18 Å². The second-order valence-corrected chi connectivity index (χ2v) is 4.71. The predicted molar refractivity (Wildman–Crippen MR) is 85.7 cm³/mol. The molecule has 2 aromatic rings. The van der Waals surface area contributed by atoms with Crippen molar-refractivity contribution in [3.05, 3.63) is 64.2 Å². The van der Waals surface area contributed by atoms with Crippen molar-refractivity contribution in [3.8, 4) is 6.07 Å². The molecule has 0 unspecified atom stereocenters. The molecule has 0 heterocycles. The van der Waals surface area contributed by atoms with Gasteiger partial charge in [0.05, 0.1) is 21.9 Å². The molecule has 26 heavy (non-hydrogen) atoms. The van der Waals surface area contributed by atoms with E-state index >= 15 is 0 Å². The molecule has 0 saturated carbocycles. The summed E-state index contributed by atoms with van der Waals surface area (Å²) in [5.41, 5.74) is 1.70. The highest BCUT2D eigenvalue weighted by Crippen LogP contribution is 2.29. The molecular formula is C15H9F3N6O2. The van der Waals surface area contributed by atoms with Gasteiger partial charge < -0.3 is 0 Å². The highest BCUT2D eigenvalue weighted by Gasteiger charge is 2.29. The van der Waals surface area contributed by atoms with Gasteiger partial charge >= 0.3 is 6.18 Å². The Labute approximate surface area is 144 Å². The first-order valence-corrected chi connectivity index (χ1v) is 6.87. The number of halogens is 3. The van der Waals surface area contributed by atoms with Gasteiger partial charge in [-0.05, 0) is 30.3 Å². The number of nitro groups is 1. The van der Waals surface area contributed by atoms with Crippen LogP contribution in [0.1, 0.15) is 5.56 Å². The number of rotatable bonds is 4. The van der Waals surface area contributed by atoms with Gasteiger partial charge in [0.15, 0.2) is 0 Å². The standard InChI is InChI=1S/C15H9F3N6O2/c16-15(17,18)10-4-6-11(7-5-10)20-22-14(9-19)23-21-12-2-1-3-13(8-12)24(25)26/h1-8,20H/b22-14+,23-21+. The van der Waals surface area contributed by atoms with Gasteiger partial charge in [-0.3, -0.25) is 15.5 Å². The number of azo groups is 1. The van der Waals surface area contributed by atoms with E-state index in [-0.39, 0.29) is 17.1 Å². The lowest BCUT2D eigenvalue weighted by Gasteiger charge is -2.06. The summed E-state index contributed by atoms with van der Waals surface area (Å²) < 4.78 is 37.4. The molecule has 8 nitrogen and oxygen atoms in total. The van der Waals surface area contributed by atoms with Gasteiger partial charge in [-0.25, -0.2) is 0 Å². The van der Waals surface area contributed by atoms with Crippen molar-refractivity contribution < 1.29 is 18.1 Å². The molecule has 0 radical (unpaired) electrons. The number of benzene rings is 2. The van der Waals surface area contributed by atoms with Crippen molar-refractivity contribution in [1.29, 1.82) is 5.26 Å². The van der Waals surface area contributed by atoms with E-state index in [2.05, 4.69) is 20.8 Å². The number of nitro benzene ring substituents is 1. The van der Waals surface area contributed by atoms with E-state index in [0.29, 0.717) is 0 Å². The largest absolute Gasteiger partial charge is 0.416 e. The number of non-ortho nitro benzene ring substituents is 1. The Kier molecular flexibility index (Phi) is 5.59. The lowest BCUT2D eigenvalue weighted by Crippen LogP contribution is -2.04. The fourth-order valence-electron chi connectivity index (χ4n) is 1.69. The Hall–Kier alpha value is -3.81. The van der Waals surface area contributed by atoms with Gasteiger partial charge in [-0.2, -0.15) is 18.4 Å². The van der Waals surface area contributed by atoms with Gasteiger partial charge in [-0.1, -0.05) is 6.07 Å². The van der Waals surface area contributed by atoms with E-state index < -0.39 is 22.5 Å². The van der Waals surface area contributed by atoms with Crippen molar-refractivity contribution in [2.24, 2.45) is 15.3 Å². The minimum Gasteiger partial charge on any atom is -0.276 e. The fourth-order valence-corrected chi connectivity index (χ4v) is 1.69. The second kappa shape index (κ2) is 7.84. The van der Waals surface area contributed by atoms with Crippen LogP contribution in [0.4, 0.5) is 30.2 Å². The number of hydrazone groups is 1. The molecular weight excluding hydrogens is 353 g/mol. The highest BCUT2D eigenvalue weighted by molar-refractivity contribution is 5.97. The predicted octanol–water partition coefficient (Wildman–Crippen LogP) is 4.65. The van der Waals surface area contributed by atoms with Crippen molar-refractivity contribution in [1.82, 2.24) is 0 Å². The van der Waals surface area contributed by atoms with Crippen molar-refractivity contribution in [2.45, 2.75) is 6.18 Å². The topological polar surface area (TPSA) is 116 Å². The van der Waals surface area contributed by atoms with Crippen LogP contribution < -0.4 is 5.43 Å². The van der Waals surface area contributed by atoms with Gasteiger partial charge in [0.1, 0.15) is 6.07 Å². The molecule has 0 saturated heterocycles. The summed E-state index contributed by atoms with van der Waals surface area (Å²) in [6, 6.07) is 10.9. The van der Waals surface area contributed by atoms with Gasteiger partial charge in [0.25, 0.3) is 11.5 Å². The maximum absolute atomic E-state index is 12.5. The zero-order chi connectivity index (χ0) is 19.2. The third kappa shape index (κ3) is 5.10. The third-order valence-corrected chi connectivity index (χ3v) is 2.90. The van der Waals surface area contributed by atoms with Gasteiger partial charge in [0.2, 0.25) is 0 Å². The maximum Gasteiger partial charge on any atom is 0.416 e. The first kappa shape index (κ1) is 18.5. The van der Waals surface area contributed by atoms with E-state index in [1.807, 2.05) is 0 Å². The lowest BCUT2D eigenvalue weighted by molar-refractivity contribution is -0.384. The van der Waals surface area contributed by atoms with E-state index in [1.54, 1.807) is 6.07 Å². The van der Waals surface area contributed by atoms with Crippen LogP contribution in [0.2, 0.25) is 0 Å². The van der Waals surface area contributed by atoms with Crippen LogP contribution in [0.15, 0.2) is 63.9 Å². The Morgan fingerprint density at radius 2 is 1.88 bits per heavy atom. The number of amidine groups is 1. The molecule has 0 aliphatic heterocycles. The minimum atomic E-state index is -4.45. The summed E-state index contributed by atoms with van der Waals surface area (Å²) >= 11 is 0. The molecule has 0 aliphatic carbocycles. The molecule has 0 spiro atoms. The molecule has 0 aliphatic rings. The third-order valence-electron chi connectivity index (χ3n) is 2.90. The average molecular weight is 362 g/mol. The molecule has 132 valence electrons. The number of nitrogens with one attached hydrogen (secondary N) is 1. The number of alkyl halides is 3. The zero-order valence-electron chi connectivity index (χ0n) is 12.8. The van der Waals surface area contributed by atoms with E-state index in [9.17, 15) is 23.3 Å². The van der Waals surface area contributed by atoms with E-state index in [0.717, 1.165) is 30.3 Å². The lowest BCUT2D eigenvalue weighted by atomic mass is 10.2. The smallest absolute Gasteiger partial charge is 0.276 e. The van der Waals surface area contributed by atoms with Crippen LogP contribution in [0, 0.1) is 21.4 Å². The SMILES string of the molecule is N#CC(/N=N/c1cccc([N+](=O)[O-])c1)=N\Nc1ccc(C(F)(F)F)cc1. The van der Waals surface area contributed by atoms with Gasteiger partial charge in [-0.15, -0.1) is 15.3 Å². The number of nitriles is 1. The van der Waals surface area contributed by atoms with Crippen LogP contribution in [0.25, 0.3) is 0 Å². The Bertz CT molecular complexity index is 901. The van der Waals surface area contributed by atoms with Crippen molar-refractivity contribution in [2.75, 3.05) is 5.43 Å². The quantitative estimate of drug-likeness (QED) is 0.280. The fraction of sp³-hybridized carbons (Fsp3) is 0.0667. The molecule has 0 aromatic heterocycles. The highest BCUT2D eigenvalue weighted by atomic mass is 19.4. The van der Waals surface area contributed by atoms with Crippen LogP contribution >= 0.6 is 0 Å². The molecule has 11 heteroatoms. The molecule has 0 atom stereocenters. The van der Waals surface area contributed by atoms with E-state index in [1.165, 1.54) is 18.2 Å². The summed E-state index contributed by atoms with van der Waals surface area (Å²) in [4.78, 5) is 10.1. The monoisotopic (exact) mass is 362 g/mol. The molecule has 0 bridgehead atoms. The maximum atomic E-state index is 12.5. The Morgan fingerprint density at radius 3 is 2.46 bits per heavy atom. The summed E-state index contributed by atoms with van der Waals surface area (Å²) in [6.07, 6.45) is -4.45. The van der Waals surface area contributed by atoms with Crippen molar-refractivity contribution in [3.63, 3.8) is 0 Å². The van der Waals surface area contributed by atoms with Crippen LogP contribution in [0.5, 0.6) is 0 Å². The summed E-state index contributed by atoms with van der Waals surface area (Å²) in [5.74, 6) is -0.420. The number of hydrogen-bond acceptors (Lipinski definition) is 6. The zero-order valence-corrected chi connectivity index (χ0v) is 12.8. The van der Waals surface area contributed by atoms with Crippen molar-refractivity contribution >= 4 is 22.9 Å². The molecule has 2 aromatic carbocycles. The molecule has 0 amide bonds. The summed E-state index contributed by atoms with van der Waals surface area (Å²) in [7, 11) is 0. The first-order valence-electron chi connectivity index (χ1n) is 6.87. The van der Waals surface area contributed by atoms with E-state index in [4.69, 9.17) is 5.26 Å². The van der Waals surface area contributed by atoms with Crippen LogP contribution in [-0.4, -0.2) is 10.8 Å². The first-order chi connectivity index (χ1) is 12.3. The number of hydrogen-bond donors (Lipinski definition) is 1.